The van der Waals surface area contributed by atoms with Gasteiger partial charge in [0.1, 0.15) is 5.56 Å². The number of carbonyl (C=O) groups excluding carboxylic acids is 1. The molecule has 2 heterocycles. The van der Waals surface area contributed by atoms with Crippen molar-refractivity contribution in [3.05, 3.63) is 46.6 Å². The Hall–Kier alpha value is -2.37. The van der Waals surface area contributed by atoms with Crippen LogP contribution in [0.15, 0.2) is 35.6 Å². The van der Waals surface area contributed by atoms with E-state index >= 15 is 0 Å². The zero-order valence-corrected chi connectivity index (χ0v) is 7.65. The van der Waals surface area contributed by atoms with Crippen LogP contribution in [0.2, 0.25) is 0 Å². The van der Waals surface area contributed by atoms with Crippen LogP contribution in [0, 0.1) is 0 Å². The summed E-state index contributed by atoms with van der Waals surface area (Å²) in [6.07, 6.45) is 5.80. The fraction of sp³-hybridized carbons (Fsp3) is 0. The highest BCUT2D eigenvalue weighted by Crippen LogP contribution is 2.02. The Labute approximate surface area is 84.3 Å². The van der Waals surface area contributed by atoms with Crippen LogP contribution in [-0.4, -0.2) is 21.1 Å². The molecule has 76 valence electrons. The molecule has 3 N–H and O–H groups in total. The van der Waals surface area contributed by atoms with Crippen LogP contribution in [-0.2, 0) is 0 Å². The quantitative estimate of drug-likeness (QED) is 0.659. The topological polar surface area (TPSA) is 90.6 Å². The van der Waals surface area contributed by atoms with Crippen molar-refractivity contribution < 1.29 is 4.79 Å². The van der Waals surface area contributed by atoms with Crippen molar-refractivity contribution in [3.63, 3.8) is 0 Å². The van der Waals surface area contributed by atoms with E-state index in [-0.39, 0.29) is 11.0 Å². The predicted molar refractivity (Wildman–Crippen MR) is 53.6 cm³/mol. The molecule has 0 radical (unpaired) electrons. The normalized spacial score (nSPS) is 9.87. The summed E-state index contributed by atoms with van der Waals surface area (Å²) in [6.45, 7) is 0. The van der Waals surface area contributed by atoms with Crippen LogP contribution in [0.25, 0.3) is 0 Å². The lowest BCUT2D eigenvalue weighted by Crippen LogP contribution is -2.20. The number of pyridine rings is 1. The highest BCUT2D eigenvalue weighted by molar-refractivity contribution is 6.03. The summed E-state index contributed by atoms with van der Waals surface area (Å²) in [7, 11) is 0. The van der Waals surface area contributed by atoms with Crippen molar-refractivity contribution in [2.24, 2.45) is 0 Å². The van der Waals surface area contributed by atoms with Gasteiger partial charge in [-0.3, -0.25) is 14.7 Å². The van der Waals surface area contributed by atoms with E-state index in [1.165, 1.54) is 30.9 Å². The minimum absolute atomic E-state index is 0.0682. The maximum absolute atomic E-state index is 11.6. The van der Waals surface area contributed by atoms with E-state index in [0.717, 1.165) is 0 Å². The average molecular weight is 204 g/mol. The summed E-state index contributed by atoms with van der Waals surface area (Å²) in [5.41, 5.74) is 0.261. The van der Waals surface area contributed by atoms with Crippen LogP contribution in [0.1, 0.15) is 10.4 Å². The lowest BCUT2D eigenvalue weighted by molar-refractivity contribution is 0.102. The molecule has 2 aromatic rings. The van der Waals surface area contributed by atoms with Crippen molar-refractivity contribution in [1.82, 2.24) is 15.2 Å². The zero-order chi connectivity index (χ0) is 10.7. The summed E-state index contributed by atoms with van der Waals surface area (Å²) in [5.74, 6) is -0.460. The maximum atomic E-state index is 11.6. The zero-order valence-electron chi connectivity index (χ0n) is 7.65. The summed E-state index contributed by atoms with van der Waals surface area (Å²) in [5, 5.41) is 8.74. The minimum atomic E-state index is -0.460. The van der Waals surface area contributed by atoms with Crippen molar-refractivity contribution in [2.75, 3.05) is 5.32 Å². The SMILES string of the molecule is O=C(Nc1cn[nH]c1)c1c[nH]ccc1=O. The van der Waals surface area contributed by atoms with E-state index in [1.807, 2.05) is 0 Å². The number of carbonyl (C=O) groups is 1. The van der Waals surface area contributed by atoms with Gasteiger partial charge in [0, 0.05) is 24.7 Å². The lowest BCUT2D eigenvalue weighted by atomic mass is 10.2. The molecule has 0 fully saturated rings. The van der Waals surface area contributed by atoms with Crippen LogP contribution in [0.5, 0.6) is 0 Å². The molecule has 0 aliphatic rings. The smallest absolute Gasteiger partial charge is 0.261 e. The van der Waals surface area contributed by atoms with E-state index in [2.05, 4.69) is 20.5 Å². The molecule has 6 nitrogen and oxygen atoms in total. The first-order valence-corrected chi connectivity index (χ1v) is 4.24. The van der Waals surface area contributed by atoms with Crippen molar-refractivity contribution in [2.45, 2.75) is 0 Å². The molecule has 6 heteroatoms. The van der Waals surface area contributed by atoms with Crippen molar-refractivity contribution in [3.8, 4) is 0 Å². The van der Waals surface area contributed by atoms with Gasteiger partial charge < -0.3 is 10.3 Å². The number of H-pyrrole nitrogens is 2. The predicted octanol–water partition coefficient (Wildman–Crippen LogP) is 0.350. The van der Waals surface area contributed by atoms with Gasteiger partial charge in [0.25, 0.3) is 5.91 Å². The van der Waals surface area contributed by atoms with Crippen molar-refractivity contribution in [1.29, 1.82) is 0 Å². The van der Waals surface area contributed by atoms with Crippen LogP contribution < -0.4 is 10.7 Å². The van der Waals surface area contributed by atoms with Gasteiger partial charge in [-0.1, -0.05) is 0 Å². The second-order valence-electron chi connectivity index (χ2n) is 2.86. The molecule has 0 bridgehead atoms. The molecule has 0 atom stereocenters. The summed E-state index contributed by atoms with van der Waals surface area (Å²) < 4.78 is 0. The van der Waals surface area contributed by atoms with E-state index in [1.54, 1.807) is 0 Å². The third kappa shape index (κ3) is 1.93. The molecule has 1 amide bonds. The monoisotopic (exact) mass is 204 g/mol. The number of nitrogens with one attached hydrogen (secondary N) is 3. The third-order valence-electron chi connectivity index (χ3n) is 1.82. The highest BCUT2D eigenvalue weighted by atomic mass is 16.2. The second kappa shape index (κ2) is 3.79. The fourth-order valence-corrected chi connectivity index (χ4v) is 1.11. The molecule has 0 aromatic carbocycles. The van der Waals surface area contributed by atoms with Gasteiger partial charge in [0.15, 0.2) is 5.43 Å². The number of aromatic amines is 2. The maximum Gasteiger partial charge on any atom is 0.261 e. The van der Waals surface area contributed by atoms with Gasteiger partial charge in [-0.05, 0) is 0 Å². The van der Waals surface area contributed by atoms with Gasteiger partial charge in [-0.2, -0.15) is 5.10 Å². The summed E-state index contributed by atoms with van der Waals surface area (Å²) >= 11 is 0. The standard InChI is InChI=1S/C9H8N4O2/c14-8-1-2-10-5-7(8)9(15)13-6-3-11-12-4-6/h1-5H,(H,10,14)(H,11,12)(H,13,15). The lowest BCUT2D eigenvalue weighted by Gasteiger charge is -2.00. The van der Waals surface area contributed by atoms with Gasteiger partial charge in [-0.15, -0.1) is 0 Å². The van der Waals surface area contributed by atoms with Crippen molar-refractivity contribution >= 4 is 11.6 Å². The highest BCUT2D eigenvalue weighted by Gasteiger charge is 2.09. The van der Waals surface area contributed by atoms with Crippen LogP contribution in [0.3, 0.4) is 0 Å². The summed E-state index contributed by atoms with van der Waals surface area (Å²) in [6, 6.07) is 1.30. The molecule has 2 aromatic heterocycles. The number of hydrogen-bond donors (Lipinski definition) is 3. The molecule has 15 heavy (non-hydrogen) atoms. The molecular formula is C9H8N4O2. The first kappa shape index (κ1) is 9.20. The molecule has 0 aliphatic carbocycles. The Bertz CT molecular complexity index is 515. The largest absolute Gasteiger partial charge is 0.367 e. The average Bonchev–Trinajstić information content (AvgIpc) is 2.71. The Kier molecular flexibility index (Phi) is 2.32. The van der Waals surface area contributed by atoms with E-state index in [9.17, 15) is 9.59 Å². The van der Waals surface area contributed by atoms with E-state index in [0.29, 0.717) is 5.69 Å². The second-order valence-corrected chi connectivity index (χ2v) is 2.86. The number of hydrogen-bond acceptors (Lipinski definition) is 3. The Morgan fingerprint density at radius 2 is 2.27 bits per heavy atom. The Morgan fingerprint density at radius 1 is 1.40 bits per heavy atom. The number of amides is 1. The first-order valence-electron chi connectivity index (χ1n) is 4.24. The number of nitrogens with zero attached hydrogens (tertiary/aromatic N) is 1. The first-order chi connectivity index (χ1) is 7.27. The van der Waals surface area contributed by atoms with Crippen LogP contribution >= 0.6 is 0 Å². The third-order valence-corrected chi connectivity index (χ3v) is 1.82. The Balaban J connectivity index is 2.23. The molecule has 0 aliphatic heterocycles. The fourth-order valence-electron chi connectivity index (χ4n) is 1.11. The number of aromatic nitrogens is 3. The molecular weight excluding hydrogens is 196 g/mol. The molecule has 0 unspecified atom stereocenters. The number of anilines is 1. The number of rotatable bonds is 2. The van der Waals surface area contributed by atoms with E-state index in [4.69, 9.17) is 0 Å². The minimum Gasteiger partial charge on any atom is -0.367 e. The molecule has 2 rings (SSSR count). The molecule has 0 spiro atoms. The van der Waals surface area contributed by atoms with Gasteiger partial charge in [-0.25, -0.2) is 0 Å². The van der Waals surface area contributed by atoms with E-state index < -0.39 is 5.91 Å². The summed E-state index contributed by atoms with van der Waals surface area (Å²) in [4.78, 5) is 25.5. The molecule has 0 saturated heterocycles. The Morgan fingerprint density at radius 3 is 2.93 bits per heavy atom. The van der Waals surface area contributed by atoms with Gasteiger partial charge >= 0.3 is 0 Å². The molecule has 0 saturated carbocycles. The van der Waals surface area contributed by atoms with Gasteiger partial charge in [0.2, 0.25) is 0 Å². The van der Waals surface area contributed by atoms with Gasteiger partial charge in [0.05, 0.1) is 11.9 Å². The van der Waals surface area contributed by atoms with Crippen LogP contribution in [0.4, 0.5) is 5.69 Å².